The zero-order valence-corrected chi connectivity index (χ0v) is 3.40. The number of rotatable bonds is 1. The van der Waals surface area contributed by atoms with Gasteiger partial charge in [0.2, 0.25) is 0 Å². The number of carboxylic acids is 1. The second-order valence-corrected chi connectivity index (χ2v) is 0.868. The van der Waals surface area contributed by atoms with Gasteiger partial charge in [-0.25, -0.2) is 0 Å². The number of hydrogen-bond donors (Lipinski definition) is 2. The third-order valence-corrected chi connectivity index (χ3v) is 0.406. The Bertz CT molecular complexity index is 46.8. The quantitative estimate of drug-likeness (QED) is 0.453. The summed E-state index contributed by atoms with van der Waals surface area (Å²) in [7, 11) is 0. The van der Waals surface area contributed by atoms with Gasteiger partial charge in [0, 0.05) is 0 Å². The van der Waals surface area contributed by atoms with E-state index in [2.05, 4.69) is 12.6 Å². The second kappa shape index (κ2) is 6.39. The normalized spacial score (nSPS) is 6.17. The average Bonchev–Trinajstić information content (AvgIpc) is 1.38. The van der Waals surface area contributed by atoms with Crippen LogP contribution in [-0.2, 0) is 4.79 Å². The number of thiol groups is 1. The van der Waals surface area contributed by atoms with E-state index in [0.717, 1.165) is 0 Å². The molecule has 0 saturated heterocycles. The Labute approximate surface area is 81.8 Å². The van der Waals surface area contributed by atoms with E-state index in [0.29, 0.717) is 0 Å². The van der Waals surface area contributed by atoms with E-state index in [1.165, 1.54) is 0 Å². The number of aliphatic carboxylic acids is 1. The van der Waals surface area contributed by atoms with Crippen molar-refractivity contribution in [3.63, 3.8) is 0 Å². The van der Waals surface area contributed by atoms with Crippen LogP contribution in [0, 0.1) is 0 Å². The van der Waals surface area contributed by atoms with E-state index in [4.69, 9.17) is 5.11 Å². The monoisotopic (exact) mass is 232 g/mol. The molecule has 0 rings (SSSR count). The second-order valence-electron chi connectivity index (χ2n) is 0.552. The van der Waals surface area contributed by atoms with E-state index >= 15 is 0 Å². The summed E-state index contributed by atoms with van der Waals surface area (Å²) >= 11 is 3.42. The molecule has 0 bridgehead atoms. The summed E-state index contributed by atoms with van der Waals surface area (Å²) in [6, 6.07) is 0. The molecule has 0 unspecified atom stereocenters. The zero-order chi connectivity index (χ0) is 4.28. The third-order valence-electron chi connectivity index (χ3n) is 0.135. The molecule has 0 heterocycles. The molecular weight excluding hydrogens is 225 g/mol. The summed E-state index contributed by atoms with van der Waals surface area (Å²) in [5.74, 6) is -0.965. The Morgan fingerprint density at radius 2 is 2.00 bits per heavy atom. The van der Waals surface area contributed by atoms with Crippen LogP contribution in [-0.4, -0.2) is 65.7 Å². The fraction of sp³-hybridized carbons (Fsp3) is 0.500. The van der Waals surface area contributed by atoms with Crippen LogP contribution in [0.25, 0.3) is 0 Å². The molecule has 0 radical (unpaired) electrons. The van der Waals surface area contributed by atoms with Crippen molar-refractivity contribution < 1.29 is 9.90 Å². The summed E-state index contributed by atoms with van der Waals surface area (Å²) in [6.07, 6.45) is 0. The van der Waals surface area contributed by atoms with Gasteiger partial charge in [-0.05, 0) is 0 Å². The van der Waals surface area contributed by atoms with Crippen LogP contribution in [0.2, 0.25) is 0 Å². The van der Waals surface area contributed by atoms with Crippen molar-refractivity contribution in [2.75, 3.05) is 5.75 Å². The van der Waals surface area contributed by atoms with Crippen LogP contribution in [0.4, 0.5) is 0 Å². The van der Waals surface area contributed by atoms with Gasteiger partial charge < -0.3 is 5.11 Å². The van der Waals surface area contributed by atoms with Crippen LogP contribution in [0.3, 0.4) is 0 Å². The minimum atomic E-state index is -0.881. The maximum absolute atomic E-state index is 9.29. The van der Waals surface area contributed by atoms with Gasteiger partial charge in [0.1, 0.15) is 0 Å². The molecule has 0 aromatic heterocycles. The minimum absolute atomic E-state index is 0. The van der Waals surface area contributed by atoms with Gasteiger partial charge in [0.05, 0.1) is 5.75 Å². The summed E-state index contributed by atoms with van der Waals surface area (Å²) in [5, 5.41) is 7.65. The SMILES string of the molecule is O=C(O)CS.[BaH2]. The van der Waals surface area contributed by atoms with Crippen LogP contribution >= 0.6 is 12.6 Å². The van der Waals surface area contributed by atoms with E-state index in [9.17, 15) is 4.79 Å². The first kappa shape index (κ1) is 10.4. The molecule has 0 saturated carbocycles. The van der Waals surface area contributed by atoms with Crippen LogP contribution < -0.4 is 0 Å². The van der Waals surface area contributed by atoms with Gasteiger partial charge in [0.15, 0.2) is 0 Å². The molecule has 0 aromatic rings. The molecule has 0 aliphatic rings. The van der Waals surface area contributed by atoms with Crippen molar-refractivity contribution in [3.05, 3.63) is 0 Å². The van der Waals surface area contributed by atoms with E-state index < -0.39 is 5.97 Å². The molecule has 0 amide bonds. The molecule has 4 heteroatoms. The van der Waals surface area contributed by atoms with Crippen molar-refractivity contribution in [2.24, 2.45) is 0 Å². The number of carbonyl (C=O) groups is 1. The molecular formula is C2H6BaO2S. The van der Waals surface area contributed by atoms with Gasteiger partial charge in [0.25, 0.3) is 0 Å². The van der Waals surface area contributed by atoms with Gasteiger partial charge in [-0.1, -0.05) is 0 Å². The summed E-state index contributed by atoms with van der Waals surface area (Å²) in [4.78, 5) is 9.29. The first-order valence-electron chi connectivity index (χ1n) is 1.10. The molecule has 1 N–H and O–H groups in total. The Morgan fingerprint density at radius 1 is 1.83 bits per heavy atom. The molecule has 0 spiro atoms. The van der Waals surface area contributed by atoms with Crippen LogP contribution in [0.15, 0.2) is 0 Å². The fourth-order valence-electron chi connectivity index (χ4n) is 0. The van der Waals surface area contributed by atoms with Crippen LogP contribution in [0.5, 0.6) is 0 Å². The van der Waals surface area contributed by atoms with Crippen molar-refractivity contribution in [1.29, 1.82) is 0 Å². The standard InChI is InChI=1S/C2H4O2S.Ba.2H/c3-2(4)1-5;;;/h5H,1H2,(H,3,4);;;. The maximum atomic E-state index is 9.29. The summed E-state index contributed by atoms with van der Waals surface area (Å²) in [5.41, 5.74) is 0. The van der Waals surface area contributed by atoms with Gasteiger partial charge in [-0.3, -0.25) is 4.79 Å². The van der Waals surface area contributed by atoms with Gasteiger partial charge in [-0.2, -0.15) is 12.6 Å². The topological polar surface area (TPSA) is 37.3 Å². The van der Waals surface area contributed by atoms with Gasteiger partial charge >= 0.3 is 54.9 Å². The molecule has 0 aliphatic carbocycles. The van der Waals surface area contributed by atoms with Crippen LogP contribution in [0.1, 0.15) is 0 Å². The van der Waals surface area contributed by atoms with Crippen molar-refractivity contribution in [1.82, 2.24) is 0 Å². The molecule has 0 aromatic carbocycles. The van der Waals surface area contributed by atoms with E-state index in [1.54, 1.807) is 0 Å². The van der Waals surface area contributed by atoms with Crippen molar-refractivity contribution in [3.8, 4) is 0 Å². The average molecular weight is 231 g/mol. The number of hydrogen-bond acceptors (Lipinski definition) is 2. The van der Waals surface area contributed by atoms with Crippen molar-refractivity contribution >= 4 is 67.5 Å². The van der Waals surface area contributed by atoms with E-state index in [1.807, 2.05) is 0 Å². The molecule has 0 aliphatic heterocycles. The summed E-state index contributed by atoms with van der Waals surface area (Å²) in [6.45, 7) is 0. The third kappa shape index (κ3) is 9.04. The molecule has 0 atom stereocenters. The summed E-state index contributed by atoms with van der Waals surface area (Å²) < 4.78 is 0. The Hall–Kier alpha value is 1.39. The number of carboxylic acid groups (broad SMARTS) is 1. The fourth-order valence-corrected chi connectivity index (χ4v) is 0. The molecule has 0 fully saturated rings. The van der Waals surface area contributed by atoms with E-state index in [-0.39, 0.29) is 54.6 Å². The molecule has 34 valence electrons. The molecule has 6 heavy (non-hydrogen) atoms. The Balaban J connectivity index is 0. The first-order chi connectivity index (χ1) is 2.27. The van der Waals surface area contributed by atoms with Crippen molar-refractivity contribution in [2.45, 2.75) is 0 Å². The predicted molar refractivity (Wildman–Crippen MR) is 30.0 cm³/mol. The first-order valence-corrected chi connectivity index (χ1v) is 1.73. The zero-order valence-electron chi connectivity index (χ0n) is 2.51. The predicted octanol–water partition coefficient (Wildman–Crippen LogP) is -0.915. The Morgan fingerprint density at radius 3 is 2.00 bits per heavy atom. The molecule has 2 nitrogen and oxygen atoms in total. The Kier molecular flexibility index (Phi) is 11.1. The van der Waals surface area contributed by atoms with Gasteiger partial charge in [-0.15, -0.1) is 0 Å².